The number of carboxylic acids is 2. The highest BCUT2D eigenvalue weighted by molar-refractivity contribution is 7.16. The lowest BCUT2D eigenvalue weighted by atomic mass is 10.1. The Balaban J connectivity index is 0.000000568. The number of methoxy groups -OCH3 is 1. The van der Waals surface area contributed by atoms with E-state index in [4.69, 9.17) is 34.0 Å². The molecular formula is C24H29N3O9S. The third kappa shape index (κ3) is 7.41. The minimum atomic E-state index is -1.82. The van der Waals surface area contributed by atoms with Gasteiger partial charge in [0.2, 0.25) is 12.7 Å². The number of benzene rings is 1. The van der Waals surface area contributed by atoms with Crippen LogP contribution in [-0.4, -0.2) is 90.5 Å². The zero-order chi connectivity index (χ0) is 27.1. The molecule has 1 aromatic carbocycles. The Bertz CT molecular complexity index is 1160. The van der Waals surface area contributed by atoms with E-state index in [1.165, 1.54) is 24.0 Å². The number of hydrogen-bond acceptors (Lipinski definition) is 10. The summed E-state index contributed by atoms with van der Waals surface area (Å²) >= 11 is 1.41. The van der Waals surface area contributed by atoms with Crippen LogP contribution >= 0.6 is 11.3 Å². The van der Waals surface area contributed by atoms with Crippen LogP contribution in [0.2, 0.25) is 0 Å². The largest absolute Gasteiger partial charge is 0.473 e. The predicted molar refractivity (Wildman–Crippen MR) is 133 cm³/mol. The molecule has 4 rings (SSSR count). The van der Waals surface area contributed by atoms with Gasteiger partial charge < -0.3 is 29.7 Å². The molecule has 1 aromatic heterocycles. The van der Waals surface area contributed by atoms with Crippen molar-refractivity contribution in [1.82, 2.24) is 9.80 Å². The number of ether oxygens (including phenoxy) is 3. The van der Waals surface area contributed by atoms with Crippen LogP contribution in [0.1, 0.15) is 26.4 Å². The minimum absolute atomic E-state index is 0.115. The highest BCUT2D eigenvalue weighted by Gasteiger charge is 2.24. The molecule has 37 heavy (non-hydrogen) atoms. The number of carbonyl (C=O) groups is 4. The average molecular weight is 536 g/mol. The van der Waals surface area contributed by atoms with E-state index in [0.29, 0.717) is 17.1 Å². The monoisotopic (exact) mass is 535 g/mol. The second-order valence-electron chi connectivity index (χ2n) is 8.38. The number of carboxylic acid groups (broad SMARTS) is 2. The first-order chi connectivity index (χ1) is 17.6. The molecule has 2 aliphatic heterocycles. The Kier molecular flexibility index (Phi) is 9.44. The zero-order valence-corrected chi connectivity index (χ0v) is 21.6. The summed E-state index contributed by atoms with van der Waals surface area (Å²) in [5.74, 6) is -2.58. The number of hydrogen-bond donors (Lipinski definition) is 3. The highest BCUT2D eigenvalue weighted by atomic mass is 32.1. The van der Waals surface area contributed by atoms with E-state index >= 15 is 0 Å². The number of piperazine rings is 1. The summed E-state index contributed by atoms with van der Waals surface area (Å²) in [4.78, 5) is 48.4. The molecule has 1 fully saturated rings. The normalized spacial score (nSPS) is 14.9. The molecule has 3 heterocycles. The Morgan fingerprint density at radius 3 is 2.24 bits per heavy atom. The maximum atomic E-state index is 12.6. The Labute approximate surface area is 217 Å². The van der Waals surface area contributed by atoms with Gasteiger partial charge in [-0.25, -0.2) is 14.4 Å². The average Bonchev–Trinajstić information content (AvgIpc) is 3.43. The molecule has 0 aliphatic carbocycles. The Hall–Kier alpha value is -3.68. The van der Waals surface area contributed by atoms with Gasteiger partial charge in [0, 0.05) is 37.6 Å². The first-order valence-corrected chi connectivity index (χ1v) is 12.2. The summed E-state index contributed by atoms with van der Waals surface area (Å²) in [5, 5.41) is 18.3. The molecule has 0 radical (unpaired) electrons. The van der Waals surface area contributed by atoms with E-state index in [9.17, 15) is 9.59 Å². The van der Waals surface area contributed by atoms with Crippen LogP contribution in [0.15, 0.2) is 18.2 Å². The van der Waals surface area contributed by atoms with E-state index in [0.717, 1.165) is 54.7 Å². The standard InChI is InChI=1S/C22H27N3O5S.C2H2O4/c1-14-15(2)31-21(20(14)22(27)28-3)23-19(26)12-25-8-6-24(7-9-25)11-16-4-5-17-18(10-16)30-13-29-17;3-1(4)2(5)6/h4-5,10H,6-9,11-13H2,1-3H3,(H,23,26);(H,3,4)(H,5,6). The van der Waals surface area contributed by atoms with E-state index in [1.54, 1.807) is 0 Å². The second kappa shape index (κ2) is 12.5. The van der Waals surface area contributed by atoms with E-state index < -0.39 is 17.9 Å². The van der Waals surface area contributed by atoms with Crippen LogP contribution in [0.4, 0.5) is 5.00 Å². The fourth-order valence-corrected chi connectivity index (χ4v) is 4.90. The number of nitrogens with one attached hydrogen (secondary N) is 1. The Morgan fingerprint density at radius 2 is 1.62 bits per heavy atom. The van der Waals surface area contributed by atoms with Crippen LogP contribution in [0.25, 0.3) is 0 Å². The third-order valence-corrected chi connectivity index (χ3v) is 7.01. The molecule has 200 valence electrons. The molecule has 0 bridgehead atoms. The molecule has 1 saturated heterocycles. The van der Waals surface area contributed by atoms with Crippen molar-refractivity contribution in [2.75, 3.05) is 51.9 Å². The van der Waals surface area contributed by atoms with Gasteiger partial charge in [-0.2, -0.15) is 0 Å². The quantitative estimate of drug-likeness (QED) is 0.366. The maximum Gasteiger partial charge on any atom is 0.414 e. The molecule has 2 aromatic rings. The van der Waals surface area contributed by atoms with E-state index in [1.807, 2.05) is 26.0 Å². The summed E-state index contributed by atoms with van der Waals surface area (Å²) < 4.78 is 15.7. The predicted octanol–water partition coefficient (Wildman–Crippen LogP) is 1.79. The number of carbonyl (C=O) groups excluding carboxylic acids is 2. The first-order valence-electron chi connectivity index (χ1n) is 11.4. The van der Waals surface area contributed by atoms with Crippen LogP contribution in [0.5, 0.6) is 11.5 Å². The van der Waals surface area contributed by atoms with Gasteiger partial charge in [-0.05, 0) is 37.1 Å². The smallest absolute Gasteiger partial charge is 0.414 e. The zero-order valence-electron chi connectivity index (χ0n) is 20.7. The van der Waals surface area contributed by atoms with Crippen molar-refractivity contribution in [3.8, 4) is 11.5 Å². The summed E-state index contributed by atoms with van der Waals surface area (Å²) in [6.07, 6.45) is 0. The lowest BCUT2D eigenvalue weighted by Gasteiger charge is -2.34. The molecule has 0 spiro atoms. The van der Waals surface area contributed by atoms with Gasteiger partial charge in [0.25, 0.3) is 0 Å². The molecule has 0 atom stereocenters. The SMILES string of the molecule is COC(=O)c1c(NC(=O)CN2CCN(Cc3ccc4c(c3)OCO4)CC2)sc(C)c1C.O=C(O)C(=O)O. The fraction of sp³-hybridized carbons (Fsp3) is 0.417. The molecule has 3 N–H and O–H groups in total. The van der Waals surface area contributed by atoms with Crippen molar-refractivity contribution in [2.45, 2.75) is 20.4 Å². The molecule has 1 amide bonds. The van der Waals surface area contributed by atoms with Crippen molar-refractivity contribution in [2.24, 2.45) is 0 Å². The van der Waals surface area contributed by atoms with Crippen LogP contribution in [0.3, 0.4) is 0 Å². The van der Waals surface area contributed by atoms with Crippen molar-refractivity contribution in [3.63, 3.8) is 0 Å². The van der Waals surface area contributed by atoms with Crippen molar-refractivity contribution < 1.29 is 43.6 Å². The molecule has 2 aliphatic rings. The Morgan fingerprint density at radius 1 is 1.00 bits per heavy atom. The molecule has 12 nitrogen and oxygen atoms in total. The lowest BCUT2D eigenvalue weighted by Crippen LogP contribution is -2.48. The van der Waals surface area contributed by atoms with Crippen molar-refractivity contribution in [1.29, 1.82) is 0 Å². The van der Waals surface area contributed by atoms with Crippen molar-refractivity contribution >= 4 is 40.2 Å². The molecule has 0 unspecified atom stereocenters. The van der Waals surface area contributed by atoms with Gasteiger partial charge in [-0.15, -0.1) is 11.3 Å². The third-order valence-electron chi connectivity index (χ3n) is 5.89. The number of nitrogens with zero attached hydrogens (tertiary/aromatic N) is 2. The summed E-state index contributed by atoms with van der Waals surface area (Å²) in [6, 6.07) is 6.05. The van der Waals surface area contributed by atoms with Gasteiger partial charge in [0.05, 0.1) is 19.2 Å². The van der Waals surface area contributed by atoms with Gasteiger partial charge in [-0.1, -0.05) is 6.07 Å². The number of anilines is 1. The van der Waals surface area contributed by atoms with Gasteiger partial charge in [0.1, 0.15) is 5.00 Å². The highest BCUT2D eigenvalue weighted by Crippen LogP contribution is 2.34. The van der Waals surface area contributed by atoms with E-state index in [-0.39, 0.29) is 12.7 Å². The molecule has 0 saturated carbocycles. The van der Waals surface area contributed by atoms with Crippen molar-refractivity contribution in [3.05, 3.63) is 39.8 Å². The number of thiophene rings is 1. The number of esters is 1. The van der Waals surface area contributed by atoms with Gasteiger partial charge in [0.15, 0.2) is 11.5 Å². The molecule has 13 heteroatoms. The van der Waals surface area contributed by atoms with Gasteiger partial charge >= 0.3 is 17.9 Å². The summed E-state index contributed by atoms with van der Waals surface area (Å²) in [7, 11) is 1.35. The number of aryl methyl sites for hydroxylation is 1. The maximum absolute atomic E-state index is 12.6. The van der Waals surface area contributed by atoms with Gasteiger partial charge in [-0.3, -0.25) is 14.6 Å². The second-order valence-corrected chi connectivity index (χ2v) is 9.60. The topological polar surface area (TPSA) is 155 Å². The first kappa shape index (κ1) is 27.9. The number of amides is 1. The van der Waals surface area contributed by atoms with Crippen LogP contribution < -0.4 is 14.8 Å². The van der Waals surface area contributed by atoms with Crippen LogP contribution in [-0.2, 0) is 25.7 Å². The molecular weight excluding hydrogens is 506 g/mol. The number of fused-ring (bicyclic) bond motifs is 1. The summed E-state index contributed by atoms with van der Waals surface area (Å²) in [5.41, 5.74) is 2.49. The van der Waals surface area contributed by atoms with E-state index in [2.05, 4.69) is 21.2 Å². The number of rotatable bonds is 6. The number of aliphatic carboxylic acids is 2. The fourth-order valence-electron chi connectivity index (χ4n) is 3.84. The van der Waals surface area contributed by atoms with Crippen LogP contribution in [0, 0.1) is 13.8 Å². The summed E-state index contributed by atoms with van der Waals surface area (Å²) in [6.45, 7) is 8.61. The lowest BCUT2D eigenvalue weighted by molar-refractivity contribution is -0.159. The minimum Gasteiger partial charge on any atom is -0.473 e.